The number of ether oxygens (including phenoxy) is 2. The molecular formula is C17H14N2O3. The van der Waals surface area contributed by atoms with Crippen molar-refractivity contribution < 1.29 is 14.3 Å². The predicted molar refractivity (Wildman–Crippen MR) is 82.1 cm³/mol. The van der Waals surface area contributed by atoms with Gasteiger partial charge in [-0.2, -0.15) is 0 Å². The zero-order valence-electron chi connectivity index (χ0n) is 12.2. The van der Waals surface area contributed by atoms with Gasteiger partial charge in [0.25, 0.3) is 0 Å². The highest BCUT2D eigenvalue weighted by Crippen LogP contribution is 2.27. The number of hydrogen-bond acceptors (Lipinski definition) is 5. The van der Waals surface area contributed by atoms with Gasteiger partial charge in [0.2, 0.25) is 5.88 Å². The van der Waals surface area contributed by atoms with Gasteiger partial charge in [-0.15, -0.1) is 0 Å². The number of aromatic nitrogens is 2. The Kier molecular flexibility index (Phi) is 3.70. The molecule has 0 aliphatic heterocycles. The quantitative estimate of drug-likeness (QED) is 0.692. The molecule has 0 unspecified atom stereocenters. The number of benzene rings is 2. The van der Waals surface area contributed by atoms with Crippen molar-refractivity contribution in [2.24, 2.45) is 0 Å². The number of hydrogen-bond donors (Lipinski definition) is 0. The van der Waals surface area contributed by atoms with Crippen molar-refractivity contribution in [3.63, 3.8) is 0 Å². The third-order valence-corrected chi connectivity index (χ3v) is 3.20. The Bertz CT molecular complexity index is 846. The van der Waals surface area contributed by atoms with Crippen molar-refractivity contribution >= 4 is 17.0 Å². The first kappa shape index (κ1) is 14.0. The molecule has 0 spiro atoms. The van der Waals surface area contributed by atoms with Gasteiger partial charge in [-0.05, 0) is 31.2 Å². The number of fused-ring (bicyclic) bond motifs is 1. The molecule has 110 valence electrons. The van der Waals surface area contributed by atoms with Gasteiger partial charge in [0.05, 0.1) is 18.1 Å². The first-order valence-electron chi connectivity index (χ1n) is 6.77. The lowest BCUT2D eigenvalue weighted by Gasteiger charge is -2.11. The van der Waals surface area contributed by atoms with Gasteiger partial charge in [0.15, 0.2) is 0 Å². The highest BCUT2D eigenvalue weighted by atomic mass is 16.5. The second-order valence-corrected chi connectivity index (χ2v) is 4.69. The van der Waals surface area contributed by atoms with Crippen molar-refractivity contribution in [2.75, 3.05) is 7.11 Å². The summed E-state index contributed by atoms with van der Waals surface area (Å²) in [4.78, 5) is 20.7. The summed E-state index contributed by atoms with van der Waals surface area (Å²) in [6.07, 6.45) is 0. The highest BCUT2D eigenvalue weighted by molar-refractivity contribution is 5.92. The molecule has 0 fully saturated rings. The fraction of sp³-hybridized carbons (Fsp3) is 0.118. The fourth-order valence-corrected chi connectivity index (χ4v) is 2.11. The summed E-state index contributed by atoms with van der Waals surface area (Å²) in [7, 11) is 1.33. The molecule has 2 aromatic carbocycles. The molecule has 0 saturated heterocycles. The predicted octanol–water partition coefficient (Wildman–Crippen LogP) is 3.52. The Morgan fingerprint density at radius 3 is 2.32 bits per heavy atom. The lowest BCUT2D eigenvalue weighted by atomic mass is 10.2. The molecule has 3 rings (SSSR count). The number of methoxy groups -OCH3 is 1. The number of carbonyl (C=O) groups is 1. The van der Waals surface area contributed by atoms with E-state index in [-0.39, 0.29) is 0 Å². The number of aryl methyl sites for hydroxylation is 1. The van der Waals surface area contributed by atoms with Crippen molar-refractivity contribution in [2.45, 2.75) is 6.92 Å². The lowest BCUT2D eigenvalue weighted by Crippen LogP contribution is -2.04. The molecule has 0 amide bonds. The molecule has 0 saturated carbocycles. The molecule has 5 nitrogen and oxygen atoms in total. The van der Waals surface area contributed by atoms with E-state index in [2.05, 4.69) is 9.97 Å². The van der Waals surface area contributed by atoms with Gasteiger partial charge in [-0.1, -0.05) is 24.3 Å². The fourth-order valence-electron chi connectivity index (χ4n) is 2.11. The van der Waals surface area contributed by atoms with Crippen molar-refractivity contribution in [3.8, 4) is 11.6 Å². The number of esters is 1. The van der Waals surface area contributed by atoms with Gasteiger partial charge < -0.3 is 9.47 Å². The minimum absolute atomic E-state index is 0.347. The van der Waals surface area contributed by atoms with Crippen LogP contribution in [0.2, 0.25) is 0 Å². The summed E-state index contributed by atoms with van der Waals surface area (Å²) < 4.78 is 10.6. The van der Waals surface area contributed by atoms with E-state index < -0.39 is 5.97 Å². The summed E-state index contributed by atoms with van der Waals surface area (Å²) >= 11 is 0. The van der Waals surface area contributed by atoms with Crippen LogP contribution in [0.25, 0.3) is 11.0 Å². The van der Waals surface area contributed by atoms with Gasteiger partial charge in [0.1, 0.15) is 17.0 Å². The van der Waals surface area contributed by atoms with Crippen molar-refractivity contribution in [1.82, 2.24) is 9.97 Å². The number of nitrogens with zero attached hydrogens (tertiary/aromatic N) is 2. The highest BCUT2D eigenvalue weighted by Gasteiger charge is 2.15. The van der Waals surface area contributed by atoms with E-state index in [1.54, 1.807) is 24.3 Å². The molecular weight excluding hydrogens is 280 g/mol. The van der Waals surface area contributed by atoms with Crippen LogP contribution >= 0.6 is 0 Å². The molecule has 0 aliphatic carbocycles. The van der Waals surface area contributed by atoms with E-state index in [4.69, 9.17) is 9.47 Å². The van der Waals surface area contributed by atoms with Crippen LogP contribution in [0.5, 0.6) is 11.6 Å². The zero-order valence-corrected chi connectivity index (χ0v) is 12.2. The molecule has 0 radical (unpaired) electrons. The van der Waals surface area contributed by atoms with E-state index in [0.29, 0.717) is 22.9 Å². The van der Waals surface area contributed by atoms with Gasteiger partial charge in [-0.3, -0.25) is 0 Å². The maximum atomic E-state index is 11.8. The Labute approximate surface area is 127 Å². The summed E-state index contributed by atoms with van der Waals surface area (Å²) in [5, 5.41) is 0. The first-order valence-corrected chi connectivity index (χ1v) is 6.77. The average molecular weight is 294 g/mol. The van der Waals surface area contributed by atoms with Crippen LogP contribution in [0.3, 0.4) is 0 Å². The topological polar surface area (TPSA) is 61.3 Å². The molecule has 1 heterocycles. The average Bonchev–Trinajstić information content (AvgIpc) is 2.55. The molecule has 5 heteroatoms. The Morgan fingerprint density at radius 1 is 0.955 bits per heavy atom. The third-order valence-electron chi connectivity index (χ3n) is 3.20. The van der Waals surface area contributed by atoms with Crippen LogP contribution in [0.15, 0.2) is 48.5 Å². The van der Waals surface area contributed by atoms with Gasteiger partial charge >= 0.3 is 5.97 Å². The smallest absolute Gasteiger partial charge is 0.341 e. The number of carbonyl (C=O) groups excluding carboxylic acids is 1. The standard InChI is InChI=1S/C17H14N2O3/c1-11-16(19-14-9-5-4-8-13(14)18-11)22-15-10-6-3-7-12(15)17(20)21-2/h3-10H,1-2H3. The van der Waals surface area contributed by atoms with Crippen LogP contribution in [-0.2, 0) is 4.74 Å². The second kappa shape index (κ2) is 5.81. The Hall–Kier alpha value is -2.95. The summed E-state index contributed by atoms with van der Waals surface area (Å²) in [5.41, 5.74) is 2.53. The van der Waals surface area contributed by atoms with Gasteiger partial charge in [0, 0.05) is 0 Å². The number of para-hydroxylation sites is 3. The number of rotatable bonds is 3. The van der Waals surface area contributed by atoms with E-state index in [1.165, 1.54) is 7.11 Å². The Balaban J connectivity index is 2.03. The molecule has 3 aromatic rings. The lowest BCUT2D eigenvalue weighted by molar-refractivity contribution is 0.0598. The van der Waals surface area contributed by atoms with Crippen LogP contribution in [0, 0.1) is 6.92 Å². The van der Waals surface area contributed by atoms with Gasteiger partial charge in [-0.25, -0.2) is 14.8 Å². The minimum Gasteiger partial charge on any atom is -0.465 e. The maximum absolute atomic E-state index is 11.8. The summed E-state index contributed by atoms with van der Waals surface area (Å²) in [5.74, 6) is 0.305. The molecule has 1 aromatic heterocycles. The largest absolute Gasteiger partial charge is 0.465 e. The first-order chi connectivity index (χ1) is 10.7. The SMILES string of the molecule is COC(=O)c1ccccc1Oc1nc2ccccc2nc1C. The van der Waals surface area contributed by atoms with E-state index in [1.807, 2.05) is 31.2 Å². The third kappa shape index (κ3) is 2.61. The normalized spacial score (nSPS) is 10.5. The van der Waals surface area contributed by atoms with Crippen molar-refractivity contribution in [3.05, 3.63) is 59.8 Å². The zero-order chi connectivity index (χ0) is 15.5. The van der Waals surface area contributed by atoms with Crippen molar-refractivity contribution in [1.29, 1.82) is 0 Å². The molecule has 0 atom stereocenters. The maximum Gasteiger partial charge on any atom is 0.341 e. The molecule has 0 bridgehead atoms. The summed E-state index contributed by atoms with van der Waals surface area (Å²) in [6, 6.07) is 14.4. The molecule has 0 aliphatic rings. The van der Waals surface area contributed by atoms with E-state index >= 15 is 0 Å². The minimum atomic E-state index is -0.456. The molecule has 0 N–H and O–H groups in total. The van der Waals surface area contributed by atoms with E-state index in [9.17, 15) is 4.79 Å². The van der Waals surface area contributed by atoms with Crippen LogP contribution in [0.1, 0.15) is 16.1 Å². The van der Waals surface area contributed by atoms with Crippen LogP contribution < -0.4 is 4.74 Å². The molecule has 22 heavy (non-hydrogen) atoms. The Morgan fingerprint density at radius 2 is 1.59 bits per heavy atom. The van der Waals surface area contributed by atoms with Crippen LogP contribution in [-0.4, -0.2) is 23.0 Å². The second-order valence-electron chi connectivity index (χ2n) is 4.69. The van der Waals surface area contributed by atoms with E-state index in [0.717, 1.165) is 11.0 Å². The summed E-state index contributed by atoms with van der Waals surface area (Å²) in [6.45, 7) is 1.82. The van der Waals surface area contributed by atoms with Crippen LogP contribution in [0.4, 0.5) is 0 Å². The monoisotopic (exact) mass is 294 g/mol.